The van der Waals surface area contributed by atoms with Gasteiger partial charge in [0, 0.05) is 5.57 Å². The summed E-state index contributed by atoms with van der Waals surface area (Å²) in [6, 6.07) is 0. The van der Waals surface area contributed by atoms with Crippen molar-refractivity contribution in [3.8, 4) is 0 Å². The number of carbonyl (C=O) groups excluding carboxylic acids is 2. The third-order valence-corrected chi connectivity index (χ3v) is 4.40. The highest BCUT2D eigenvalue weighted by Crippen LogP contribution is 2.32. The lowest BCUT2D eigenvalue weighted by atomic mass is 9.78. The molecule has 1 atom stereocenters. The fourth-order valence-corrected chi connectivity index (χ4v) is 2.88. The van der Waals surface area contributed by atoms with Crippen molar-refractivity contribution >= 4 is 11.6 Å². The predicted molar refractivity (Wildman–Crippen MR) is 92.7 cm³/mol. The van der Waals surface area contributed by atoms with E-state index in [1.807, 2.05) is 0 Å². The van der Waals surface area contributed by atoms with Crippen LogP contribution in [-0.4, -0.2) is 11.6 Å². The monoisotopic (exact) mass is 302 g/mol. The average Bonchev–Trinajstić information content (AvgIpc) is 2.45. The van der Waals surface area contributed by atoms with E-state index in [1.54, 1.807) is 0 Å². The number of hydrogen-bond acceptors (Lipinski definition) is 2. The van der Waals surface area contributed by atoms with Crippen LogP contribution in [0.2, 0.25) is 0 Å². The van der Waals surface area contributed by atoms with E-state index in [-0.39, 0.29) is 17.0 Å². The first kappa shape index (κ1) is 18.6. The Labute approximate surface area is 135 Å². The lowest BCUT2D eigenvalue weighted by molar-refractivity contribution is -0.114. The van der Waals surface area contributed by atoms with Gasteiger partial charge in [-0.25, -0.2) is 0 Å². The highest BCUT2D eigenvalue weighted by atomic mass is 16.1. The maximum Gasteiger partial charge on any atom is 0.182 e. The minimum atomic E-state index is -0.0669. The first-order valence-corrected chi connectivity index (χ1v) is 8.36. The zero-order valence-electron chi connectivity index (χ0n) is 14.7. The zero-order chi connectivity index (χ0) is 16.8. The Balaban J connectivity index is 2.47. The van der Waals surface area contributed by atoms with Gasteiger partial charge in [0.1, 0.15) is 0 Å². The fraction of sp³-hybridized carbons (Fsp3) is 0.600. The Morgan fingerprint density at radius 2 is 1.95 bits per heavy atom. The summed E-state index contributed by atoms with van der Waals surface area (Å²) >= 11 is 0. The molecule has 22 heavy (non-hydrogen) atoms. The van der Waals surface area contributed by atoms with Gasteiger partial charge < -0.3 is 0 Å². The Morgan fingerprint density at radius 1 is 1.27 bits per heavy atom. The van der Waals surface area contributed by atoms with Crippen LogP contribution >= 0.6 is 0 Å². The Hall–Kier alpha value is -1.44. The number of allylic oxidation sites excluding steroid dienone is 6. The minimum Gasteiger partial charge on any atom is -0.290 e. The van der Waals surface area contributed by atoms with Crippen molar-refractivity contribution in [1.82, 2.24) is 0 Å². The number of rotatable bonds is 8. The summed E-state index contributed by atoms with van der Waals surface area (Å²) in [5.74, 6) is 0.468. The summed E-state index contributed by atoms with van der Waals surface area (Å²) in [5.41, 5.74) is 2.39. The van der Waals surface area contributed by atoms with Crippen LogP contribution in [0.3, 0.4) is 0 Å². The molecule has 0 fully saturated rings. The van der Waals surface area contributed by atoms with E-state index >= 15 is 0 Å². The van der Waals surface area contributed by atoms with Gasteiger partial charge in [-0.1, -0.05) is 39.3 Å². The quantitative estimate of drug-likeness (QED) is 0.456. The molecule has 2 heteroatoms. The third-order valence-electron chi connectivity index (χ3n) is 4.40. The van der Waals surface area contributed by atoms with Crippen molar-refractivity contribution in [2.45, 2.75) is 66.7 Å². The maximum atomic E-state index is 11.7. The van der Waals surface area contributed by atoms with Gasteiger partial charge >= 0.3 is 0 Å². The molecule has 1 unspecified atom stereocenters. The molecule has 122 valence electrons. The molecule has 0 N–H and O–H groups in total. The normalized spacial score (nSPS) is 17.7. The molecule has 0 aromatic heterocycles. The molecule has 1 aliphatic carbocycles. The fourth-order valence-electron chi connectivity index (χ4n) is 2.88. The van der Waals surface area contributed by atoms with Crippen molar-refractivity contribution in [3.05, 3.63) is 35.5 Å². The van der Waals surface area contributed by atoms with E-state index in [1.165, 1.54) is 23.8 Å². The van der Waals surface area contributed by atoms with E-state index < -0.39 is 0 Å². The van der Waals surface area contributed by atoms with Gasteiger partial charge in [0.2, 0.25) is 0 Å². The summed E-state index contributed by atoms with van der Waals surface area (Å²) in [5, 5.41) is 0. The largest absolute Gasteiger partial charge is 0.290 e. The number of hydrogen-bond donors (Lipinski definition) is 0. The molecule has 0 aromatic rings. The molecule has 0 radical (unpaired) electrons. The molecular formula is C20H30O2. The molecular weight excluding hydrogens is 272 g/mol. The highest BCUT2D eigenvalue weighted by Gasteiger charge is 2.21. The van der Waals surface area contributed by atoms with Crippen LogP contribution < -0.4 is 0 Å². The molecule has 2 nitrogen and oxygen atoms in total. The van der Waals surface area contributed by atoms with Gasteiger partial charge in [0.05, 0.1) is 0 Å². The van der Waals surface area contributed by atoms with Crippen molar-refractivity contribution in [1.29, 1.82) is 0 Å². The zero-order valence-corrected chi connectivity index (χ0v) is 14.7. The molecule has 0 heterocycles. The van der Waals surface area contributed by atoms with Crippen LogP contribution in [0.1, 0.15) is 66.7 Å². The first-order valence-electron chi connectivity index (χ1n) is 8.36. The third kappa shape index (κ3) is 6.55. The van der Waals surface area contributed by atoms with Crippen LogP contribution in [0, 0.1) is 11.3 Å². The van der Waals surface area contributed by atoms with E-state index in [0.717, 1.165) is 25.7 Å². The van der Waals surface area contributed by atoms with Crippen LogP contribution in [0.15, 0.2) is 35.5 Å². The first-order chi connectivity index (χ1) is 10.2. The molecule has 1 rings (SSSR count). The van der Waals surface area contributed by atoms with E-state index in [4.69, 9.17) is 0 Å². The molecule has 0 aliphatic heterocycles. The van der Waals surface area contributed by atoms with Gasteiger partial charge in [0.25, 0.3) is 0 Å². The van der Waals surface area contributed by atoms with Gasteiger partial charge in [-0.2, -0.15) is 0 Å². The predicted octanol–water partition coefficient (Wildman–Crippen LogP) is 5.20. The van der Waals surface area contributed by atoms with Crippen LogP contribution in [0.25, 0.3) is 0 Å². The summed E-state index contributed by atoms with van der Waals surface area (Å²) in [6.07, 6.45) is 11.6. The molecule has 0 aromatic carbocycles. The minimum absolute atomic E-state index is 0.00689. The summed E-state index contributed by atoms with van der Waals surface area (Å²) < 4.78 is 0. The standard InChI is InChI=1S/C20H30O2/c1-6-15(2)11-12-20(4,5)14-16(3)7-8-17-13-18(21)9-10-19(17)22/h9-11,13,16H,6-8,12,14H2,1-5H3/b15-11+. The summed E-state index contributed by atoms with van der Waals surface area (Å²) in [4.78, 5) is 23.1. The van der Waals surface area contributed by atoms with Crippen LogP contribution in [0.5, 0.6) is 0 Å². The Kier molecular flexibility index (Phi) is 6.99. The Morgan fingerprint density at radius 3 is 2.59 bits per heavy atom. The lowest BCUT2D eigenvalue weighted by Gasteiger charge is -2.27. The number of carbonyl (C=O) groups is 2. The highest BCUT2D eigenvalue weighted by molar-refractivity contribution is 6.17. The van der Waals surface area contributed by atoms with Crippen molar-refractivity contribution in [2.24, 2.45) is 11.3 Å². The van der Waals surface area contributed by atoms with Crippen LogP contribution in [-0.2, 0) is 9.59 Å². The second kappa shape index (κ2) is 8.26. The second-order valence-electron chi connectivity index (χ2n) is 7.39. The van der Waals surface area contributed by atoms with Crippen molar-refractivity contribution < 1.29 is 9.59 Å². The van der Waals surface area contributed by atoms with Gasteiger partial charge in [-0.15, -0.1) is 0 Å². The van der Waals surface area contributed by atoms with Gasteiger partial charge in [-0.3, -0.25) is 9.59 Å². The molecule has 0 bridgehead atoms. The van der Waals surface area contributed by atoms with Crippen molar-refractivity contribution in [2.75, 3.05) is 0 Å². The van der Waals surface area contributed by atoms with Gasteiger partial charge in [-0.05, 0) is 68.6 Å². The average molecular weight is 302 g/mol. The topological polar surface area (TPSA) is 34.1 Å². The molecule has 0 spiro atoms. The smallest absolute Gasteiger partial charge is 0.182 e. The van der Waals surface area contributed by atoms with E-state index in [2.05, 4.69) is 40.7 Å². The molecule has 0 saturated carbocycles. The van der Waals surface area contributed by atoms with E-state index in [9.17, 15) is 9.59 Å². The summed E-state index contributed by atoms with van der Waals surface area (Å²) in [7, 11) is 0. The Bertz CT molecular complexity index is 504. The van der Waals surface area contributed by atoms with Gasteiger partial charge in [0.15, 0.2) is 11.6 Å². The molecule has 0 saturated heterocycles. The summed E-state index contributed by atoms with van der Waals surface area (Å²) in [6.45, 7) is 11.2. The van der Waals surface area contributed by atoms with E-state index in [0.29, 0.717) is 17.9 Å². The molecule has 1 aliphatic rings. The maximum absolute atomic E-state index is 11.7. The number of ketones is 2. The van der Waals surface area contributed by atoms with Crippen molar-refractivity contribution in [3.63, 3.8) is 0 Å². The SMILES string of the molecule is CC/C(C)=C/CC(C)(C)CC(C)CCC1=CC(=O)C=CC1=O. The lowest BCUT2D eigenvalue weighted by Crippen LogP contribution is -2.16. The molecule has 0 amide bonds. The second-order valence-corrected chi connectivity index (χ2v) is 7.39. The van der Waals surface area contributed by atoms with Crippen LogP contribution in [0.4, 0.5) is 0 Å².